The number of carbonyl (C=O) groups excluding carboxylic acids is 2. The third-order valence-corrected chi connectivity index (χ3v) is 12.9. The summed E-state index contributed by atoms with van der Waals surface area (Å²) in [4.78, 5) is 27.6. The molecule has 0 saturated carbocycles. The van der Waals surface area contributed by atoms with Crippen LogP contribution in [-0.2, 0) is 14.3 Å². The summed E-state index contributed by atoms with van der Waals surface area (Å²) in [7, 11) is 0. The maximum atomic E-state index is 11.0. The van der Waals surface area contributed by atoms with Crippen LogP contribution in [0.5, 0.6) is 0 Å². The Kier molecular flexibility index (Phi) is 65.3. The fraction of sp³-hybridized carbons (Fsp3) is 0.966. The molecular formula is C59H122N2O3. The number of carbonyl (C=O) groups is 2. The van der Waals surface area contributed by atoms with Gasteiger partial charge in [-0.1, -0.05) is 267 Å². The monoisotopic (exact) mass is 907 g/mol. The molecule has 0 spiro atoms. The van der Waals surface area contributed by atoms with E-state index in [9.17, 15) is 9.59 Å². The Labute approximate surface area is 405 Å². The zero-order valence-electron chi connectivity index (χ0n) is 45.8. The summed E-state index contributed by atoms with van der Waals surface area (Å²) in [5.74, 6) is -0.757. The molecule has 0 atom stereocenters. The summed E-state index contributed by atoms with van der Waals surface area (Å²) in [6.07, 6.45) is 56.8. The summed E-state index contributed by atoms with van der Waals surface area (Å²) in [6.45, 7) is 26.1. The molecule has 0 aliphatic rings. The Morgan fingerprint density at radius 3 is 0.625 bits per heavy atom. The maximum Gasteiger partial charge on any atom is 0.313 e. The van der Waals surface area contributed by atoms with Gasteiger partial charge in [0.1, 0.15) is 0 Å². The maximum absolute atomic E-state index is 11.0. The average molecular weight is 908 g/mol. The van der Waals surface area contributed by atoms with E-state index in [1.54, 1.807) is 0 Å². The Balaban J connectivity index is -0.000000909. The molecule has 5 nitrogen and oxygen atoms in total. The molecule has 0 aromatic rings. The second-order valence-corrected chi connectivity index (χ2v) is 19.7. The lowest BCUT2D eigenvalue weighted by Gasteiger charge is -2.22. The van der Waals surface area contributed by atoms with Gasteiger partial charge in [0.2, 0.25) is 0 Å². The molecule has 0 aromatic carbocycles. The normalized spacial score (nSPS) is 11.2. The van der Waals surface area contributed by atoms with E-state index in [2.05, 4.69) is 63.0 Å². The van der Waals surface area contributed by atoms with Gasteiger partial charge >= 0.3 is 11.9 Å². The van der Waals surface area contributed by atoms with Gasteiger partial charge in [-0.25, -0.2) is 0 Å². The summed E-state index contributed by atoms with van der Waals surface area (Å²) in [5.41, 5.74) is 0. The minimum Gasteiger partial charge on any atom is -0.393 e. The predicted octanol–water partition coefficient (Wildman–Crippen LogP) is 19.6. The van der Waals surface area contributed by atoms with Crippen LogP contribution in [-0.4, -0.2) is 61.0 Å². The lowest BCUT2D eigenvalue weighted by Crippen LogP contribution is -2.27. The largest absolute Gasteiger partial charge is 0.393 e. The summed E-state index contributed by atoms with van der Waals surface area (Å²) in [5, 5.41) is 0. The molecule has 64 heavy (non-hydrogen) atoms. The van der Waals surface area contributed by atoms with E-state index < -0.39 is 0 Å². The first-order chi connectivity index (χ1) is 31.4. The molecule has 0 fully saturated rings. The first-order valence-corrected chi connectivity index (χ1v) is 29.6. The topological polar surface area (TPSA) is 49.9 Å². The van der Waals surface area contributed by atoms with Gasteiger partial charge in [-0.05, 0) is 90.6 Å². The first kappa shape index (κ1) is 67.3. The van der Waals surface area contributed by atoms with Crippen LogP contribution in [0.25, 0.3) is 0 Å². The van der Waals surface area contributed by atoms with Crippen molar-refractivity contribution in [1.29, 1.82) is 0 Å². The van der Waals surface area contributed by atoms with E-state index in [1.807, 2.05) is 6.92 Å². The molecule has 0 unspecified atom stereocenters. The van der Waals surface area contributed by atoms with Crippen LogP contribution in [0.1, 0.15) is 331 Å². The quantitative estimate of drug-likeness (QED) is 0.0346. The molecule has 0 aliphatic carbocycles. The lowest BCUT2D eigenvalue weighted by atomic mass is 10.1. The van der Waals surface area contributed by atoms with E-state index >= 15 is 0 Å². The van der Waals surface area contributed by atoms with Gasteiger partial charge in [0, 0.05) is 12.8 Å². The molecule has 0 N–H and O–H groups in total. The fourth-order valence-corrected chi connectivity index (χ4v) is 8.43. The Bertz CT molecular complexity index is 726. The van der Waals surface area contributed by atoms with Gasteiger partial charge in [-0.3, -0.25) is 9.59 Å². The Hall–Kier alpha value is -0.940. The summed E-state index contributed by atoms with van der Waals surface area (Å²) >= 11 is 0. The molecule has 0 heterocycles. The summed E-state index contributed by atoms with van der Waals surface area (Å²) < 4.78 is 4.62. The van der Waals surface area contributed by atoms with Gasteiger partial charge in [-0.2, -0.15) is 0 Å². The summed E-state index contributed by atoms with van der Waals surface area (Å²) in [6, 6.07) is 0. The zero-order valence-corrected chi connectivity index (χ0v) is 45.8. The van der Waals surface area contributed by atoms with Gasteiger partial charge < -0.3 is 14.5 Å². The van der Waals surface area contributed by atoms with Crippen LogP contribution >= 0.6 is 0 Å². The molecular weight excluding hydrogens is 785 g/mol. The average Bonchev–Trinajstić information content (AvgIpc) is 3.29. The first-order valence-electron chi connectivity index (χ1n) is 29.6. The standard InChI is InChI=1S/2C24H51N.C11H20O3/c2*1-4-7-10-13-16-19-22-25(23-20-17-14-11-8-5-2)24-21-18-15-12-9-6-3;1-3-5-7-9-11(13)14-10(12)8-6-4-2/h2*4-24H2,1-3H3;3-9H2,1-2H3. The molecule has 5 heteroatoms. The van der Waals surface area contributed by atoms with Crippen molar-refractivity contribution in [2.24, 2.45) is 0 Å². The predicted molar refractivity (Wildman–Crippen MR) is 288 cm³/mol. The van der Waals surface area contributed by atoms with Crippen LogP contribution in [0.2, 0.25) is 0 Å². The lowest BCUT2D eigenvalue weighted by molar-refractivity contribution is -0.159. The molecule has 0 radical (unpaired) electrons. The van der Waals surface area contributed by atoms with E-state index in [0.717, 1.165) is 32.1 Å². The SMILES string of the molecule is CCCCCC(=O)OC(=O)CCCC.CCCCCCCCN(CCCCCCCC)CCCCCCCC.CCCCCCCCN(CCCCCCCC)CCCCCCCC. The van der Waals surface area contributed by atoms with Crippen LogP contribution in [0.4, 0.5) is 0 Å². The number of hydrogen-bond donors (Lipinski definition) is 0. The molecule has 386 valence electrons. The van der Waals surface area contributed by atoms with Gasteiger partial charge in [0.05, 0.1) is 0 Å². The molecule has 0 aliphatic heterocycles. The van der Waals surface area contributed by atoms with E-state index in [4.69, 9.17) is 0 Å². The van der Waals surface area contributed by atoms with Crippen molar-refractivity contribution < 1.29 is 14.3 Å². The smallest absolute Gasteiger partial charge is 0.313 e. The highest BCUT2D eigenvalue weighted by atomic mass is 16.6. The third kappa shape index (κ3) is 61.1. The second-order valence-electron chi connectivity index (χ2n) is 19.7. The van der Waals surface area contributed by atoms with Gasteiger partial charge in [0.25, 0.3) is 0 Å². The van der Waals surface area contributed by atoms with E-state index in [1.165, 1.54) is 270 Å². The van der Waals surface area contributed by atoms with Crippen molar-refractivity contribution in [2.45, 2.75) is 331 Å². The fourth-order valence-electron chi connectivity index (χ4n) is 8.43. The highest BCUT2D eigenvalue weighted by Crippen LogP contribution is 2.14. The minimum atomic E-state index is -0.381. The van der Waals surface area contributed by atoms with Crippen molar-refractivity contribution in [2.75, 3.05) is 39.3 Å². The number of rotatable bonds is 49. The van der Waals surface area contributed by atoms with Crippen molar-refractivity contribution in [3.8, 4) is 0 Å². The van der Waals surface area contributed by atoms with Crippen molar-refractivity contribution in [3.05, 3.63) is 0 Å². The number of hydrogen-bond acceptors (Lipinski definition) is 5. The number of unbranched alkanes of at least 4 members (excludes halogenated alkanes) is 33. The Morgan fingerprint density at radius 1 is 0.234 bits per heavy atom. The molecule has 0 bridgehead atoms. The highest BCUT2D eigenvalue weighted by Gasteiger charge is 2.09. The van der Waals surface area contributed by atoms with E-state index in [0.29, 0.717) is 12.8 Å². The van der Waals surface area contributed by atoms with Crippen LogP contribution in [0, 0.1) is 0 Å². The van der Waals surface area contributed by atoms with Crippen molar-refractivity contribution >= 4 is 11.9 Å². The molecule has 0 rings (SSSR count). The van der Waals surface area contributed by atoms with E-state index in [-0.39, 0.29) is 11.9 Å². The Morgan fingerprint density at radius 2 is 0.406 bits per heavy atom. The number of nitrogens with zero attached hydrogens (tertiary/aromatic N) is 2. The zero-order chi connectivity index (χ0) is 47.7. The number of ether oxygens (including phenoxy) is 1. The van der Waals surface area contributed by atoms with Crippen LogP contribution in [0.3, 0.4) is 0 Å². The third-order valence-electron chi connectivity index (χ3n) is 12.9. The molecule has 0 saturated heterocycles. The van der Waals surface area contributed by atoms with Crippen molar-refractivity contribution in [3.63, 3.8) is 0 Å². The second kappa shape index (κ2) is 62.1. The van der Waals surface area contributed by atoms with Crippen molar-refractivity contribution in [1.82, 2.24) is 9.80 Å². The van der Waals surface area contributed by atoms with Crippen LogP contribution in [0.15, 0.2) is 0 Å². The highest BCUT2D eigenvalue weighted by molar-refractivity contribution is 5.85. The molecule has 0 aromatic heterocycles. The van der Waals surface area contributed by atoms with Gasteiger partial charge in [-0.15, -0.1) is 0 Å². The molecule has 0 amide bonds. The minimum absolute atomic E-state index is 0.357. The van der Waals surface area contributed by atoms with Crippen LogP contribution < -0.4 is 0 Å². The van der Waals surface area contributed by atoms with Gasteiger partial charge in [0.15, 0.2) is 0 Å². The number of esters is 2.